The second-order valence-corrected chi connectivity index (χ2v) is 2.23. The minimum absolute atomic E-state index is 0.188. The van der Waals surface area contributed by atoms with Gasteiger partial charge in [-0.15, -0.1) is 0 Å². The molecule has 60 valence electrons. The van der Waals surface area contributed by atoms with Gasteiger partial charge in [0.1, 0.15) is 5.82 Å². The normalized spacial score (nSPS) is 9.73. The number of hydrogen-bond donors (Lipinski definition) is 0. The van der Waals surface area contributed by atoms with Gasteiger partial charge in [-0.25, -0.2) is 9.37 Å². The van der Waals surface area contributed by atoms with Gasteiger partial charge in [0, 0.05) is 6.07 Å². The van der Waals surface area contributed by atoms with Gasteiger partial charge < -0.3 is 4.74 Å². The van der Waals surface area contributed by atoms with E-state index in [0.717, 1.165) is 6.20 Å². The molecule has 0 saturated heterocycles. The Morgan fingerprint density at radius 2 is 2.45 bits per heavy atom. The molecule has 0 aliphatic rings. The Bertz CT molecular complexity index is 254. The highest BCUT2D eigenvalue weighted by Crippen LogP contribution is 2.21. The fraction of sp³-hybridized carbons (Fsp3) is 0.286. The van der Waals surface area contributed by atoms with Gasteiger partial charge in [-0.2, -0.15) is 0 Å². The highest BCUT2D eigenvalue weighted by molar-refractivity contribution is 6.30. The first-order chi connectivity index (χ1) is 5.24. The number of nitrogens with zero attached hydrogens (tertiary/aromatic N) is 1. The molecule has 0 saturated carbocycles. The number of ether oxygens (including phenoxy) is 1. The standard InChI is InChI=1S/C7H7ClFNO/c1-2-11-6-3-5(9)4-10-7(6)8/h3-4H,2H2,1H3. The van der Waals surface area contributed by atoms with Gasteiger partial charge in [-0.3, -0.25) is 0 Å². The number of halogens is 2. The quantitative estimate of drug-likeness (QED) is 0.644. The third-order valence-electron chi connectivity index (χ3n) is 1.07. The Morgan fingerprint density at radius 1 is 1.73 bits per heavy atom. The summed E-state index contributed by atoms with van der Waals surface area (Å²) in [5.41, 5.74) is 0. The van der Waals surface area contributed by atoms with Crippen molar-refractivity contribution in [1.29, 1.82) is 0 Å². The molecule has 0 fully saturated rings. The molecule has 1 aromatic heterocycles. The molecule has 0 amide bonds. The topological polar surface area (TPSA) is 22.1 Å². The maximum absolute atomic E-state index is 12.5. The number of rotatable bonds is 2. The van der Waals surface area contributed by atoms with Crippen LogP contribution in [0.25, 0.3) is 0 Å². The van der Waals surface area contributed by atoms with E-state index in [2.05, 4.69) is 4.98 Å². The summed E-state index contributed by atoms with van der Waals surface area (Å²) in [6.45, 7) is 2.24. The summed E-state index contributed by atoms with van der Waals surface area (Å²) in [6, 6.07) is 1.21. The van der Waals surface area contributed by atoms with E-state index in [0.29, 0.717) is 6.61 Å². The van der Waals surface area contributed by atoms with Crippen LogP contribution in [0.1, 0.15) is 6.92 Å². The van der Waals surface area contributed by atoms with Crippen LogP contribution in [0.5, 0.6) is 5.75 Å². The molecule has 0 aliphatic carbocycles. The molecule has 0 radical (unpaired) electrons. The molecule has 0 aliphatic heterocycles. The summed E-state index contributed by atoms with van der Waals surface area (Å²) in [5, 5.41) is 0.188. The second kappa shape index (κ2) is 3.53. The second-order valence-electron chi connectivity index (χ2n) is 1.88. The average molecular weight is 176 g/mol. The summed E-state index contributed by atoms with van der Waals surface area (Å²) < 4.78 is 17.5. The predicted octanol–water partition coefficient (Wildman–Crippen LogP) is 2.27. The fourth-order valence-electron chi connectivity index (χ4n) is 0.661. The SMILES string of the molecule is CCOc1cc(F)cnc1Cl. The zero-order valence-corrected chi connectivity index (χ0v) is 6.73. The summed E-state index contributed by atoms with van der Waals surface area (Å²) in [5.74, 6) is -0.160. The highest BCUT2D eigenvalue weighted by Gasteiger charge is 2.02. The molecule has 0 N–H and O–H groups in total. The first-order valence-corrected chi connectivity index (χ1v) is 3.55. The van der Waals surface area contributed by atoms with Gasteiger partial charge in [-0.05, 0) is 6.92 Å². The van der Waals surface area contributed by atoms with Gasteiger partial charge in [0.15, 0.2) is 10.9 Å². The summed E-state index contributed by atoms with van der Waals surface area (Å²) in [6.07, 6.45) is 1.05. The van der Waals surface area contributed by atoms with Gasteiger partial charge >= 0.3 is 0 Å². The Labute approximate surface area is 69.0 Å². The van der Waals surface area contributed by atoms with Crippen LogP contribution in [-0.2, 0) is 0 Å². The van der Waals surface area contributed by atoms with Gasteiger partial charge in [0.2, 0.25) is 0 Å². The van der Waals surface area contributed by atoms with Crippen LogP contribution in [0.4, 0.5) is 4.39 Å². The first kappa shape index (κ1) is 8.27. The number of hydrogen-bond acceptors (Lipinski definition) is 2. The van der Waals surface area contributed by atoms with Crippen LogP contribution in [0, 0.1) is 5.82 Å². The lowest BCUT2D eigenvalue weighted by atomic mass is 10.4. The molecule has 0 atom stereocenters. The van der Waals surface area contributed by atoms with Crippen LogP contribution in [0.3, 0.4) is 0 Å². The molecule has 4 heteroatoms. The lowest BCUT2D eigenvalue weighted by molar-refractivity contribution is 0.337. The molecule has 1 rings (SSSR count). The van der Waals surface area contributed by atoms with Crippen molar-refractivity contribution in [2.75, 3.05) is 6.61 Å². The van der Waals surface area contributed by atoms with E-state index in [4.69, 9.17) is 16.3 Å². The third-order valence-corrected chi connectivity index (χ3v) is 1.36. The van der Waals surface area contributed by atoms with Crippen LogP contribution >= 0.6 is 11.6 Å². The molecule has 2 nitrogen and oxygen atoms in total. The van der Waals surface area contributed by atoms with Crippen molar-refractivity contribution in [3.05, 3.63) is 23.2 Å². The Balaban J connectivity index is 2.93. The average Bonchev–Trinajstić information content (AvgIpc) is 1.98. The van der Waals surface area contributed by atoms with E-state index in [1.807, 2.05) is 0 Å². The lowest BCUT2D eigenvalue weighted by Gasteiger charge is -2.02. The van der Waals surface area contributed by atoms with Crippen molar-refractivity contribution in [3.63, 3.8) is 0 Å². The number of aromatic nitrogens is 1. The maximum Gasteiger partial charge on any atom is 0.171 e. The Kier molecular flexibility index (Phi) is 2.65. The largest absolute Gasteiger partial charge is 0.491 e. The zero-order chi connectivity index (χ0) is 8.27. The molecule has 0 bridgehead atoms. The van der Waals surface area contributed by atoms with Crippen molar-refractivity contribution in [2.24, 2.45) is 0 Å². The summed E-state index contributed by atoms with van der Waals surface area (Å²) in [7, 11) is 0. The zero-order valence-electron chi connectivity index (χ0n) is 5.97. The van der Waals surface area contributed by atoms with Gasteiger partial charge in [-0.1, -0.05) is 11.6 Å². The fourth-order valence-corrected chi connectivity index (χ4v) is 0.819. The molecule has 1 heterocycles. The lowest BCUT2D eigenvalue weighted by Crippen LogP contribution is -1.94. The Hall–Kier alpha value is -0.830. The monoisotopic (exact) mass is 175 g/mol. The van der Waals surface area contributed by atoms with E-state index in [1.165, 1.54) is 6.07 Å². The molecule has 0 unspecified atom stereocenters. The summed E-state index contributed by atoms with van der Waals surface area (Å²) in [4.78, 5) is 3.56. The minimum atomic E-state index is -0.446. The maximum atomic E-state index is 12.5. The van der Waals surface area contributed by atoms with Gasteiger partial charge in [0.25, 0.3) is 0 Å². The minimum Gasteiger partial charge on any atom is -0.491 e. The van der Waals surface area contributed by atoms with Crippen molar-refractivity contribution in [3.8, 4) is 5.75 Å². The van der Waals surface area contributed by atoms with E-state index < -0.39 is 5.82 Å². The van der Waals surface area contributed by atoms with E-state index >= 15 is 0 Å². The molecule has 1 aromatic rings. The molecule has 0 spiro atoms. The van der Waals surface area contributed by atoms with E-state index in [1.54, 1.807) is 6.92 Å². The predicted molar refractivity (Wildman–Crippen MR) is 40.4 cm³/mol. The van der Waals surface area contributed by atoms with Crippen molar-refractivity contribution in [1.82, 2.24) is 4.98 Å². The molecular weight excluding hydrogens is 169 g/mol. The molecule has 11 heavy (non-hydrogen) atoms. The van der Waals surface area contributed by atoms with Crippen molar-refractivity contribution < 1.29 is 9.13 Å². The molecule has 0 aromatic carbocycles. The van der Waals surface area contributed by atoms with E-state index in [-0.39, 0.29) is 10.9 Å². The smallest absolute Gasteiger partial charge is 0.171 e. The van der Waals surface area contributed by atoms with Crippen molar-refractivity contribution >= 4 is 11.6 Å². The molecular formula is C7H7ClFNO. The highest BCUT2D eigenvalue weighted by atomic mass is 35.5. The number of pyridine rings is 1. The van der Waals surface area contributed by atoms with Crippen LogP contribution in [-0.4, -0.2) is 11.6 Å². The third kappa shape index (κ3) is 2.05. The van der Waals surface area contributed by atoms with E-state index in [9.17, 15) is 4.39 Å². The summed E-state index contributed by atoms with van der Waals surface area (Å²) >= 11 is 5.57. The van der Waals surface area contributed by atoms with Crippen LogP contribution < -0.4 is 4.74 Å². The van der Waals surface area contributed by atoms with Crippen LogP contribution in [0.2, 0.25) is 5.15 Å². The van der Waals surface area contributed by atoms with Gasteiger partial charge in [0.05, 0.1) is 12.8 Å². The van der Waals surface area contributed by atoms with Crippen LogP contribution in [0.15, 0.2) is 12.3 Å². The Morgan fingerprint density at radius 3 is 3.09 bits per heavy atom. The first-order valence-electron chi connectivity index (χ1n) is 3.18. The van der Waals surface area contributed by atoms with Crippen molar-refractivity contribution in [2.45, 2.75) is 6.92 Å².